The first-order valence-corrected chi connectivity index (χ1v) is 7.55. The molecular weight excluding hydrogens is 260 g/mol. The highest BCUT2D eigenvalue weighted by Gasteiger charge is 2.31. The molecule has 2 aliphatic rings. The Labute approximate surface area is 119 Å². The minimum absolute atomic E-state index is 0.310. The fourth-order valence-corrected chi connectivity index (χ4v) is 2.78. The van der Waals surface area contributed by atoms with E-state index in [1.165, 1.54) is 12.8 Å². The zero-order chi connectivity index (χ0) is 13.4. The van der Waals surface area contributed by atoms with Gasteiger partial charge in [0.2, 0.25) is 0 Å². The molecule has 0 unspecified atom stereocenters. The van der Waals surface area contributed by atoms with E-state index >= 15 is 0 Å². The minimum atomic E-state index is 0.310. The average molecular weight is 281 g/mol. The molecule has 1 aromatic heterocycles. The first kappa shape index (κ1) is 13.1. The van der Waals surface area contributed by atoms with E-state index in [2.05, 4.69) is 33.6 Å². The van der Waals surface area contributed by atoms with E-state index in [0.29, 0.717) is 11.1 Å². The van der Waals surface area contributed by atoms with Crippen LogP contribution < -0.4 is 4.90 Å². The number of rotatable bonds is 3. The SMILES string of the molecule is CC(C)c1nc(Cl)cc(N2CCN(C3CC3)CC2)n1. The fourth-order valence-electron chi connectivity index (χ4n) is 2.60. The summed E-state index contributed by atoms with van der Waals surface area (Å²) in [5.41, 5.74) is 0. The Balaban J connectivity index is 1.71. The van der Waals surface area contributed by atoms with E-state index in [9.17, 15) is 0 Å². The standard InChI is InChI=1S/C14H21ClN4/c1-10(2)14-16-12(15)9-13(17-14)19-7-5-18(6-8-19)11-3-4-11/h9-11H,3-8H2,1-2H3. The number of nitrogens with zero attached hydrogens (tertiary/aromatic N) is 4. The second kappa shape index (κ2) is 5.25. The van der Waals surface area contributed by atoms with Crippen molar-refractivity contribution < 1.29 is 0 Å². The second-order valence-electron chi connectivity index (χ2n) is 5.82. The van der Waals surface area contributed by atoms with Crippen LogP contribution >= 0.6 is 11.6 Å². The summed E-state index contributed by atoms with van der Waals surface area (Å²) < 4.78 is 0. The molecule has 19 heavy (non-hydrogen) atoms. The largest absolute Gasteiger partial charge is 0.354 e. The number of piperazine rings is 1. The van der Waals surface area contributed by atoms with Crippen molar-refractivity contribution in [3.05, 3.63) is 17.0 Å². The van der Waals surface area contributed by atoms with Gasteiger partial charge >= 0.3 is 0 Å². The third kappa shape index (κ3) is 3.00. The van der Waals surface area contributed by atoms with Crippen LogP contribution in [0.2, 0.25) is 5.15 Å². The topological polar surface area (TPSA) is 32.3 Å². The van der Waals surface area contributed by atoms with Crippen molar-refractivity contribution in [2.75, 3.05) is 31.1 Å². The Morgan fingerprint density at radius 2 is 1.84 bits per heavy atom. The van der Waals surface area contributed by atoms with Crippen molar-refractivity contribution in [2.24, 2.45) is 0 Å². The third-order valence-electron chi connectivity index (χ3n) is 3.92. The number of halogens is 1. The van der Waals surface area contributed by atoms with E-state index < -0.39 is 0 Å². The van der Waals surface area contributed by atoms with Crippen LogP contribution in [0.5, 0.6) is 0 Å². The van der Waals surface area contributed by atoms with Crippen molar-refractivity contribution in [2.45, 2.75) is 38.6 Å². The Hall–Kier alpha value is -0.870. The van der Waals surface area contributed by atoms with E-state index in [1.54, 1.807) is 0 Å². The summed E-state index contributed by atoms with van der Waals surface area (Å²) in [6.07, 6.45) is 2.77. The highest BCUT2D eigenvalue weighted by Crippen LogP contribution is 2.28. The summed E-state index contributed by atoms with van der Waals surface area (Å²) in [5.74, 6) is 2.14. The van der Waals surface area contributed by atoms with Crippen molar-refractivity contribution in [3.8, 4) is 0 Å². The zero-order valence-electron chi connectivity index (χ0n) is 11.6. The van der Waals surface area contributed by atoms with Gasteiger partial charge in [0.25, 0.3) is 0 Å². The lowest BCUT2D eigenvalue weighted by Crippen LogP contribution is -2.47. The fraction of sp³-hybridized carbons (Fsp3) is 0.714. The maximum absolute atomic E-state index is 6.11. The molecule has 2 heterocycles. The van der Waals surface area contributed by atoms with Crippen molar-refractivity contribution in [1.29, 1.82) is 0 Å². The van der Waals surface area contributed by atoms with Crippen LogP contribution in [0.1, 0.15) is 38.4 Å². The molecule has 3 rings (SSSR count). The normalized spacial score (nSPS) is 21.2. The molecule has 5 heteroatoms. The van der Waals surface area contributed by atoms with Crippen molar-refractivity contribution >= 4 is 17.4 Å². The Bertz CT molecular complexity index is 451. The molecule has 1 aliphatic carbocycles. The maximum atomic E-state index is 6.11. The molecule has 2 fully saturated rings. The molecule has 0 aromatic carbocycles. The summed E-state index contributed by atoms with van der Waals surface area (Å²) in [4.78, 5) is 13.9. The van der Waals surface area contributed by atoms with Gasteiger partial charge in [0.05, 0.1) is 0 Å². The van der Waals surface area contributed by atoms with E-state index in [1.807, 2.05) is 6.07 Å². The zero-order valence-corrected chi connectivity index (χ0v) is 12.4. The summed E-state index contributed by atoms with van der Waals surface area (Å²) in [5, 5.41) is 0.554. The third-order valence-corrected chi connectivity index (χ3v) is 4.11. The van der Waals surface area contributed by atoms with E-state index in [4.69, 9.17) is 11.6 Å². The lowest BCUT2D eigenvalue weighted by Gasteiger charge is -2.35. The maximum Gasteiger partial charge on any atom is 0.135 e. The predicted octanol–water partition coefficient (Wildman–Crippen LogP) is 2.54. The lowest BCUT2D eigenvalue weighted by molar-refractivity contribution is 0.247. The molecule has 0 N–H and O–H groups in total. The van der Waals surface area contributed by atoms with Gasteiger partial charge in [0, 0.05) is 44.2 Å². The van der Waals surface area contributed by atoms with Gasteiger partial charge in [-0.15, -0.1) is 0 Å². The summed E-state index contributed by atoms with van der Waals surface area (Å²) in [6.45, 7) is 8.57. The van der Waals surface area contributed by atoms with Crippen LogP contribution in [0.4, 0.5) is 5.82 Å². The van der Waals surface area contributed by atoms with Crippen molar-refractivity contribution in [1.82, 2.24) is 14.9 Å². The molecule has 0 bridgehead atoms. The van der Waals surface area contributed by atoms with Crippen LogP contribution in [0.15, 0.2) is 6.07 Å². The smallest absolute Gasteiger partial charge is 0.135 e. The predicted molar refractivity (Wildman–Crippen MR) is 77.9 cm³/mol. The van der Waals surface area contributed by atoms with Gasteiger partial charge in [0.1, 0.15) is 16.8 Å². The Kier molecular flexibility index (Phi) is 3.63. The molecule has 0 amide bonds. The van der Waals surface area contributed by atoms with Crippen LogP contribution in [0, 0.1) is 0 Å². The van der Waals surface area contributed by atoms with Gasteiger partial charge in [-0.25, -0.2) is 9.97 Å². The van der Waals surface area contributed by atoms with Crippen LogP contribution in [0.25, 0.3) is 0 Å². The van der Waals surface area contributed by atoms with Crippen LogP contribution in [-0.2, 0) is 0 Å². The van der Waals surface area contributed by atoms with Gasteiger partial charge in [0.15, 0.2) is 0 Å². The van der Waals surface area contributed by atoms with Gasteiger partial charge in [-0.1, -0.05) is 25.4 Å². The lowest BCUT2D eigenvalue weighted by atomic mass is 10.2. The van der Waals surface area contributed by atoms with Crippen LogP contribution in [-0.4, -0.2) is 47.1 Å². The molecule has 4 nitrogen and oxygen atoms in total. The summed E-state index contributed by atoms with van der Waals surface area (Å²) >= 11 is 6.11. The number of hydrogen-bond donors (Lipinski definition) is 0. The molecule has 0 spiro atoms. The first-order valence-electron chi connectivity index (χ1n) is 7.17. The quantitative estimate of drug-likeness (QED) is 0.797. The Morgan fingerprint density at radius 3 is 2.42 bits per heavy atom. The highest BCUT2D eigenvalue weighted by molar-refractivity contribution is 6.29. The minimum Gasteiger partial charge on any atom is -0.354 e. The number of hydrogen-bond acceptors (Lipinski definition) is 4. The van der Waals surface area contributed by atoms with Gasteiger partial charge in [-0.05, 0) is 12.8 Å². The molecule has 1 aliphatic heterocycles. The van der Waals surface area contributed by atoms with Crippen molar-refractivity contribution in [3.63, 3.8) is 0 Å². The molecule has 1 aromatic rings. The molecule has 1 saturated heterocycles. The number of aromatic nitrogens is 2. The molecular formula is C14H21ClN4. The van der Waals surface area contributed by atoms with Gasteiger partial charge in [-0.2, -0.15) is 0 Å². The molecule has 0 radical (unpaired) electrons. The van der Waals surface area contributed by atoms with E-state index in [-0.39, 0.29) is 0 Å². The monoisotopic (exact) mass is 280 g/mol. The molecule has 104 valence electrons. The number of anilines is 1. The average Bonchev–Trinajstić information content (AvgIpc) is 3.22. The Morgan fingerprint density at radius 1 is 1.16 bits per heavy atom. The summed E-state index contributed by atoms with van der Waals surface area (Å²) in [7, 11) is 0. The van der Waals surface area contributed by atoms with Crippen LogP contribution in [0.3, 0.4) is 0 Å². The second-order valence-corrected chi connectivity index (χ2v) is 6.20. The first-order chi connectivity index (χ1) is 9.13. The molecule has 0 atom stereocenters. The highest BCUT2D eigenvalue weighted by atomic mass is 35.5. The summed E-state index contributed by atoms with van der Waals surface area (Å²) in [6, 6.07) is 2.75. The van der Waals surface area contributed by atoms with E-state index in [0.717, 1.165) is 43.9 Å². The van der Waals surface area contributed by atoms with Gasteiger partial charge in [-0.3, -0.25) is 4.90 Å². The molecule has 1 saturated carbocycles. The van der Waals surface area contributed by atoms with Gasteiger partial charge < -0.3 is 4.90 Å².